The first-order valence-corrected chi connectivity index (χ1v) is 14.5. The normalized spacial score (nSPS) is 14.9. The third-order valence-corrected chi connectivity index (χ3v) is 8.61. The Balaban J connectivity index is 1.64. The van der Waals surface area contributed by atoms with Crippen LogP contribution in [-0.4, -0.2) is 55.1 Å². The highest BCUT2D eigenvalue weighted by molar-refractivity contribution is 7.89. The van der Waals surface area contributed by atoms with Crippen molar-refractivity contribution in [2.75, 3.05) is 19.6 Å². The molecule has 1 heterocycles. The highest BCUT2D eigenvalue weighted by atomic mass is 32.2. The molecule has 1 atom stereocenters. The van der Waals surface area contributed by atoms with E-state index in [9.17, 15) is 18.0 Å². The predicted molar refractivity (Wildman–Crippen MR) is 142 cm³/mol. The van der Waals surface area contributed by atoms with Gasteiger partial charge in [0.15, 0.2) is 0 Å². The number of benzene rings is 2. The Labute approximate surface area is 215 Å². The summed E-state index contributed by atoms with van der Waals surface area (Å²) < 4.78 is 27.0. The van der Waals surface area contributed by atoms with Crippen molar-refractivity contribution >= 4 is 21.8 Å². The zero-order valence-corrected chi connectivity index (χ0v) is 22.3. The highest BCUT2D eigenvalue weighted by Crippen LogP contribution is 2.21. The monoisotopic (exact) mass is 513 g/mol. The fraction of sp³-hybridized carbons (Fsp3) is 0.500. The maximum absolute atomic E-state index is 13.3. The molecule has 3 rings (SSSR count). The fourth-order valence-corrected chi connectivity index (χ4v) is 5.91. The Morgan fingerprint density at radius 2 is 1.64 bits per heavy atom. The lowest BCUT2D eigenvalue weighted by Crippen LogP contribution is -2.47. The van der Waals surface area contributed by atoms with E-state index >= 15 is 0 Å². The third-order valence-electron chi connectivity index (χ3n) is 6.70. The van der Waals surface area contributed by atoms with Crippen LogP contribution in [0.3, 0.4) is 0 Å². The number of aryl methyl sites for hydroxylation is 1. The van der Waals surface area contributed by atoms with Gasteiger partial charge in [0.05, 0.1) is 4.90 Å². The summed E-state index contributed by atoms with van der Waals surface area (Å²) in [6, 6.07) is 15.9. The standard InChI is InChI=1S/C28H39N3O4S/c1-3-4-8-19-29-28(33)23(2)31(22-25-11-6-5-7-12-25)27(32)18-15-24-13-16-26(17-14-24)36(34,35)30-20-9-10-21-30/h5-7,11-14,16-17,23H,3-4,8-10,15,18-22H2,1-2H3,(H,29,33). The minimum absolute atomic E-state index is 0.108. The summed E-state index contributed by atoms with van der Waals surface area (Å²) in [5, 5.41) is 2.96. The van der Waals surface area contributed by atoms with Gasteiger partial charge in [0.2, 0.25) is 21.8 Å². The van der Waals surface area contributed by atoms with Crippen molar-refractivity contribution in [2.24, 2.45) is 0 Å². The van der Waals surface area contributed by atoms with Crippen molar-refractivity contribution in [3.8, 4) is 0 Å². The maximum atomic E-state index is 13.3. The quantitative estimate of drug-likeness (QED) is 0.408. The lowest BCUT2D eigenvalue weighted by Gasteiger charge is -2.29. The van der Waals surface area contributed by atoms with Crippen LogP contribution in [0, 0.1) is 0 Å². The van der Waals surface area contributed by atoms with Crippen molar-refractivity contribution < 1.29 is 18.0 Å². The first-order chi connectivity index (χ1) is 17.3. The molecule has 0 radical (unpaired) electrons. The molecule has 2 amide bonds. The molecule has 0 bridgehead atoms. The van der Waals surface area contributed by atoms with E-state index in [0.717, 1.165) is 43.2 Å². The largest absolute Gasteiger partial charge is 0.354 e. The van der Waals surface area contributed by atoms with Gasteiger partial charge in [0.25, 0.3) is 0 Å². The molecule has 0 saturated carbocycles. The first-order valence-electron chi connectivity index (χ1n) is 13.0. The molecule has 2 aromatic carbocycles. The number of unbranched alkanes of at least 4 members (excludes halogenated alkanes) is 2. The van der Waals surface area contributed by atoms with Gasteiger partial charge in [-0.3, -0.25) is 9.59 Å². The Bertz CT molecular complexity index is 1080. The molecule has 0 aromatic heterocycles. The van der Waals surface area contributed by atoms with Gasteiger partial charge in [-0.25, -0.2) is 8.42 Å². The van der Waals surface area contributed by atoms with Crippen molar-refractivity contribution in [1.29, 1.82) is 0 Å². The van der Waals surface area contributed by atoms with E-state index in [1.54, 1.807) is 36.1 Å². The number of carbonyl (C=O) groups excluding carboxylic acids is 2. The Kier molecular flexibility index (Phi) is 10.5. The summed E-state index contributed by atoms with van der Waals surface area (Å²) in [5.74, 6) is -0.254. The molecular weight excluding hydrogens is 474 g/mol. The van der Waals surface area contributed by atoms with Crippen molar-refractivity contribution in [2.45, 2.75) is 76.3 Å². The van der Waals surface area contributed by atoms with Crippen LogP contribution in [0.4, 0.5) is 0 Å². The van der Waals surface area contributed by atoms with E-state index in [0.29, 0.717) is 37.5 Å². The van der Waals surface area contributed by atoms with Crippen LogP contribution >= 0.6 is 0 Å². The topological polar surface area (TPSA) is 86.8 Å². The van der Waals surface area contributed by atoms with Crippen LogP contribution in [0.25, 0.3) is 0 Å². The summed E-state index contributed by atoms with van der Waals surface area (Å²) in [5.41, 5.74) is 1.85. The van der Waals surface area contributed by atoms with Gasteiger partial charge in [-0.05, 0) is 55.9 Å². The van der Waals surface area contributed by atoms with Crippen molar-refractivity contribution in [3.63, 3.8) is 0 Å². The number of hydrogen-bond donors (Lipinski definition) is 1. The van der Waals surface area contributed by atoms with E-state index in [1.165, 1.54) is 4.31 Å². The van der Waals surface area contributed by atoms with Gasteiger partial charge in [0.1, 0.15) is 6.04 Å². The van der Waals surface area contributed by atoms with Crippen LogP contribution in [0.5, 0.6) is 0 Å². The molecule has 7 nitrogen and oxygen atoms in total. The van der Waals surface area contributed by atoms with Crippen molar-refractivity contribution in [3.05, 3.63) is 65.7 Å². The van der Waals surface area contributed by atoms with Gasteiger partial charge in [0, 0.05) is 32.6 Å². The zero-order valence-electron chi connectivity index (χ0n) is 21.5. The van der Waals surface area contributed by atoms with Crippen LogP contribution in [-0.2, 0) is 32.6 Å². The van der Waals surface area contributed by atoms with Crippen LogP contribution in [0.15, 0.2) is 59.5 Å². The molecule has 36 heavy (non-hydrogen) atoms. The summed E-state index contributed by atoms with van der Waals surface area (Å²) in [6.45, 7) is 5.99. The predicted octanol–water partition coefficient (Wildman–Crippen LogP) is 4.13. The Morgan fingerprint density at radius 3 is 2.28 bits per heavy atom. The van der Waals surface area contributed by atoms with E-state index < -0.39 is 16.1 Å². The van der Waals surface area contributed by atoms with Gasteiger partial charge >= 0.3 is 0 Å². The minimum atomic E-state index is -3.45. The molecule has 1 unspecified atom stereocenters. The molecule has 1 fully saturated rings. The van der Waals surface area contributed by atoms with Gasteiger partial charge in [-0.15, -0.1) is 0 Å². The molecule has 1 N–H and O–H groups in total. The van der Waals surface area contributed by atoms with Crippen LogP contribution in [0.1, 0.15) is 63.5 Å². The molecule has 0 spiro atoms. The molecule has 0 aliphatic carbocycles. The summed E-state index contributed by atoms with van der Waals surface area (Å²) in [7, 11) is -3.45. The van der Waals surface area contributed by atoms with E-state index in [-0.39, 0.29) is 18.2 Å². The SMILES string of the molecule is CCCCCNC(=O)C(C)N(Cc1ccccc1)C(=O)CCc1ccc(S(=O)(=O)N2CCCC2)cc1. The number of nitrogens with zero attached hydrogens (tertiary/aromatic N) is 2. The van der Waals surface area contributed by atoms with Crippen LogP contribution < -0.4 is 5.32 Å². The molecule has 1 saturated heterocycles. The lowest BCUT2D eigenvalue weighted by molar-refractivity contribution is -0.140. The Hall–Kier alpha value is -2.71. The number of hydrogen-bond acceptors (Lipinski definition) is 4. The maximum Gasteiger partial charge on any atom is 0.243 e. The number of rotatable bonds is 13. The second-order valence-electron chi connectivity index (χ2n) is 9.44. The average molecular weight is 514 g/mol. The van der Waals surface area contributed by atoms with Crippen LogP contribution in [0.2, 0.25) is 0 Å². The molecule has 1 aliphatic heterocycles. The van der Waals surface area contributed by atoms with Gasteiger partial charge in [-0.2, -0.15) is 4.31 Å². The second-order valence-corrected chi connectivity index (χ2v) is 11.4. The fourth-order valence-electron chi connectivity index (χ4n) is 4.40. The van der Waals surface area contributed by atoms with Gasteiger partial charge < -0.3 is 10.2 Å². The lowest BCUT2D eigenvalue weighted by atomic mass is 10.1. The first kappa shape index (κ1) is 27.9. The molecule has 196 valence electrons. The average Bonchev–Trinajstić information content (AvgIpc) is 3.45. The Morgan fingerprint density at radius 1 is 0.972 bits per heavy atom. The second kappa shape index (κ2) is 13.6. The summed E-state index contributed by atoms with van der Waals surface area (Å²) in [4.78, 5) is 28.0. The van der Waals surface area contributed by atoms with Gasteiger partial charge in [-0.1, -0.05) is 62.2 Å². The number of carbonyl (C=O) groups is 2. The zero-order chi connectivity index (χ0) is 26.0. The smallest absolute Gasteiger partial charge is 0.243 e. The summed E-state index contributed by atoms with van der Waals surface area (Å²) >= 11 is 0. The molecule has 8 heteroatoms. The number of nitrogens with one attached hydrogen (secondary N) is 1. The van der Waals surface area contributed by atoms with E-state index in [4.69, 9.17) is 0 Å². The van der Waals surface area contributed by atoms with E-state index in [2.05, 4.69) is 12.2 Å². The molecule has 2 aromatic rings. The third kappa shape index (κ3) is 7.64. The summed E-state index contributed by atoms with van der Waals surface area (Å²) in [6.07, 6.45) is 5.55. The number of sulfonamides is 1. The highest BCUT2D eigenvalue weighted by Gasteiger charge is 2.28. The van der Waals surface area contributed by atoms with Crippen molar-refractivity contribution in [1.82, 2.24) is 14.5 Å². The minimum Gasteiger partial charge on any atom is -0.354 e. The van der Waals surface area contributed by atoms with E-state index in [1.807, 2.05) is 30.3 Å². The number of amides is 2. The molecule has 1 aliphatic rings. The molecular formula is C28H39N3O4S.